The Hall–Kier alpha value is -0.820. The van der Waals surface area contributed by atoms with Gasteiger partial charge in [-0.05, 0) is 59.5 Å². The van der Waals surface area contributed by atoms with Gasteiger partial charge in [0.2, 0.25) is 0 Å². The molecule has 1 amide bonds. The lowest BCUT2D eigenvalue weighted by molar-refractivity contribution is 0.0496. The summed E-state index contributed by atoms with van der Waals surface area (Å²) in [5, 5.41) is 9.79. The van der Waals surface area contributed by atoms with E-state index in [1.54, 1.807) is 30.1 Å². The number of halogens is 1. The molecule has 0 spiro atoms. The summed E-state index contributed by atoms with van der Waals surface area (Å²) in [6, 6.07) is 5.07. The second-order valence-corrected chi connectivity index (χ2v) is 6.15. The van der Waals surface area contributed by atoms with Gasteiger partial charge in [0.1, 0.15) is 5.75 Å². The summed E-state index contributed by atoms with van der Waals surface area (Å²) in [6.07, 6.45) is 1.99. The fourth-order valence-corrected chi connectivity index (χ4v) is 2.78. The number of phenolic OH excluding ortho intramolecular Hbond substituents is 1. The van der Waals surface area contributed by atoms with E-state index in [9.17, 15) is 9.90 Å². The lowest BCUT2D eigenvalue weighted by atomic mass is 9.99. The molecular formula is C14H18INO3. The smallest absolute Gasteiger partial charge is 0.257 e. The van der Waals surface area contributed by atoms with Gasteiger partial charge in [0.25, 0.3) is 5.91 Å². The minimum atomic E-state index is -0.123. The molecule has 104 valence electrons. The molecule has 1 aliphatic rings. The number of amides is 1. The number of rotatable bonds is 3. The number of hydrogen-bond donors (Lipinski definition) is 1. The van der Waals surface area contributed by atoms with E-state index < -0.39 is 0 Å². The van der Waals surface area contributed by atoms with Crippen molar-refractivity contribution in [2.75, 3.05) is 26.8 Å². The quantitative estimate of drug-likeness (QED) is 0.826. The van der Waals surface area contributed by atoms with E-state index in [0.29, 0.717) is 18.0 Å². The van der Waals surface area contributed by atoms with Crippen LogP contribution >= 0.6 is 22.6 Å². The zero-order chi connectivity index (χ0) is 13.8. The molecule has 1 aliphatic heterocycles. The van der Waals surface area contributed by atoms with Crippen molar-refractivity contribution in [3.05, 3.63) is 27.3 Å². The van der Waals surface area contributed by atoms with Gasteiger partial charge in [-0.1, -0.05) is 0 Å². The third-order valence-electron chi connectivity index (χ3n) is 3.41. The van der Waals surface area contributed by atoms with Crippen LogP contribution in [0.5, 0.6) is 5.75 Å². The van der Waals surface area contributed by atoms with Gasteiger partial charge in [0.15, 0.2) is 0 Å². The van der Waals surface area contributed by atoms with Crippen LogP contribution < -0.4 is 0 Å². The number of nitrogens with zero attached hydrogens (tertiary/aromatic N) is 1. The topological polar surface area (TPSA) is 49.8 Å². The van der Waals surface area contributed by atoms with Gasteiger partial charge in [0.05, 0.1) is 5.56 Å². The molecule has 2 rings (SSSR count). The molecule has 0 bridgehead atoms. The van der Waals surface area contributed by atoms with Crippen LogP contribution in [0, 0.1) is 9.49 Å². The van der Waals surface area contributed by atoms with E-state index in [1.807, 2.05) is 0 Å². The zero-order valence-corrected chi connectivity index (χ0v) is 13.1. The van der Waals surface area contributed by atoms with Crippen LogP contribution in [0.15, 0.2) is 18.2 Å². The van der Waals surface area contributed by atoms with E-state index in [1.165, 1.54) is 0 Å². The molecule has 1 N–H and O–H groups in total. The summed E-state index contributed by atoms with van der Waals surface area (Å²) in [6.45, 7) is 2.27. The third kappa shape index (κ3) is 3.82. The number of benzene rings is 1. The highest BCUT2D eigenvalue weighted by molar-refractivity contribution is 14.1. The summed E-state index contributed by atoms with van der Waals surface area (Å²) < 4.78 is 6.26. The van der Waals surface area contributed by atoms with Crippen molar-refractivity contribution < 1.29 is 14.6 Å². The average Bonchev–Trinajstić information content (AvgIpc) is 2.42. The van der Waals surface area contributed by atoms with Crippen LogP contribution in [-0.2, 0) is 4.74 Å². The Morgan fingerprint density at radius 1 is 1.47 bits per heavy atom. The molecular weight excluding hydrogens is 357 g/mol. The predicted octanol–water partition coefficient (Wildman–Crippen LogP) is 2.50. The molecule has 1 aromatic carbocycles. The molecule has 1 heterocycles. The molecule has 4 nitrogen and oxygen atoms in total. The second kappa shape index (κ2) is 6.56. The predicted molar refractivity (Wildman–Crippen MR) is 81.3 cm³/mol. The first-order valence-corrected chi connectivity index (χ1v) is 7.47. The van der Waals surface area contributed by atoms with E-state index in [-0.39, 0.29) is 11.7 Å². The average molecular weight is 375 g/mol. The minimum absolute atomic E-state index is 0.0456. The maximum atomic E-state index is 12.3. The number of carbonyl (C=O) groups is 1. The second-order valence-electron chi connectivity index (χ2n) is 4.90. The largest absolute Gasteiger partial charge is 0.507 e. The van der Waals surface area contributed by atoms with Gasteiger partial charge in [-0.2, -0.15) is 0 Å². The highest BCUT2D eigenvalue weighted by Gasteiger charge is 2.21. The maximum absolute atomic E-state index is 12.3. The molecule has 0 radical (unpaired) electrons. The Balaban J connectivity index is 2.03. The first-order chi connectivity index (χ1) is 9.08. The minimum Gasteiger partial charge on any atom is -0.507 e. The molecule has 0 aliphatic carbocycles. The first kappa shape index (κ1) is 14.6. The number of aromatic hydroxyl groups is 1. The third-order valence-corrected chi connectivity index (χ3v) is 4.08. The number of carbonyl (C=O) groups excluding carboxylic acids is 1. The fraction of sp³-hybridized carbons (Fsp3) is 0.500. The molecule has 0 saturated carbocycles. The van der Waals surface area contributed by atoms with Crippen molar-refractivity contribution >= 4 is 28.5 Å². The molecule has 1 aromatic rings. The molecule has 0 atom stereocenters. The van der Waals surface area contributed by atoms with Gasteiger partial charge in [-0.15, -0.1) is 0 Å². The Kier molecular flexibility index (Phi) is 5.04. The Morgan fingerprint density at radius 2 is 2.16 bits per heavy atom. The number of phenols is 1. The highest BCUT2D eigenvalue weighted by Crippen LogP contribution is 2.22. The molecule has 0 aromatic heterocycles. The van der Waals surface area contributed by atoms with Crippen molar-refractivity contribution in [2.24, 2.45) is 5.92 Å². The van der Waals surface area contributed by atoms with E-state index in [0.717, 1.165) is 29.6 Å². The molecule has 19 heavy (non-hydrogen) atoms. The molecule has 1 fully saturated rings. The van der Waals surface area contributed by atoms with Crippen LogP contribution in [0.3, 0.4) is 0 Å². The van der Waals surface area contributed by atoms with Crippen molar-refractivity contribution in [1.82, 2.24) is 4.90 Å². The lowest BCUT2D eigenvalue weighted by Gasteiger charge is -2.27. The van der Waals surface area contributed by atoms with E-state index in [4.69, 9.17) is 4.74 Å². The van der Waals surface area contributed by atoms with Crippen LogP contribution in [-0.4, -0.2) is 42.7 Å². The van der Waals surface area contributed by atoms with Gasteiger partial charge >= 0.3 is 0 Å². The summed E-state index contributed by atoms with van der Waals surface area (Å²) in [7, 11) is 1.79. The van der Waals surface area contributed by atoms with Gasteiger partial charge in [-0.25, -0.2) is 0 Å². The lowest BCUT2D eigenvalue weighted by Crippen LogP contribution is -2.34. The maximum Gasteiger partial charge on any atom is 0.257 e. The monoisotopic (exact) mass is 375 g/mol. The highest BCUT2D eigenvalue weighted by atomic mass is 127. The molecule has 0 unspecified atom stereocenters. The SMILES string of the molecule is CN(CC1CCOCC1)C(=O)c1cc(I)ccc1O. The zero-order valence-electron chi connectivity index (χ0n) is 10.9. The van der Waals surface area contributed by atoms with Crippen molar-refractivity contribution in [3.8, 4) is 5.75 Å². The number of ether oxygens (including phenoxy) is 1. The van der Waals surface area contributed by atoms with E-state index >= 15 is 0 Å². The normalized spacial score (nSPS) is 16.3. The Labute approximate surface area is 126 Å². The Morgan fingerprint density at radius 3 is 2.84 bits per heavy atom. The van der Waals surface area contributed by atoms with Gasteiger partial charge in [0, 0.05) is 30.4 Å². The standard InChI is InChI=1S/C14H18INO3/c1-16(9-10-4-6-19-7-5-10)14(18)12-8-11(15)2-3-13(12)17/h2-3,8,10,17H,4-7,9H2,1H3. The van der Waals surface area contributed by atoms with Crippen LogP contribution in [0.4, 0.5) is 0 Å². The first-order valence-electron chi connectivity index (χ1n) is 6.39. The van der Waals surface area contributed by atoms with Gasteiger partial charge < -0.3 is 14.7 Å². The molecule has 5 heteroatoms. The van der Waals surface area contributed by atoms with Crippen molar-refractivity contribution in [3.63, 3.8) is 0 Å². The number of hydrogen-bond acceptors (Lipinski definition) is 3. The Bertz CT molecular complexity index is 458. The summed E-state index contributed by atoms with van der Waals surface area (Å²) in [5.74, 6) is 0.416. The van der Waals surface area contributed by atoms with Crippen LogP contribution in [0.25, 0.3) is 0 Å². The summed E-state index contributed by atoms with van der Waals surface area (Å²) in [5.41, 5.74) is 0.376. The molecule has 1 saturated heterocycles. The fourth-order valence-electron chi connectivity index (χ4n) is 2.28. The van der Waals surface area contributed by atoms with Crippen molar-refractivity contribution in [2.45, 2.75) is 12.8 Å². The summed E-state index contributed by atoms with van der Waals surface area (Å²) in [4.78, 5) is 14.0. The summed E-state index contributed by atoms with van der Waals surface area (Å²) >= 11 is 2.14. The van der Waals surface area contributed by atoms with Crippen LogP contribution in [0.2, 0.25) is 0 Å². The van der Waals surface area contributed by atoms with Crippen LogP contribution in [0.1, 0.15) is 23.2 Å². The van der Waals surface area contributed by atoms with Gasteiger partial charge in [-0.3, -0.25) is 4.79 Å². The van der Waals surface area contributed by atoms with E-state index in [2.05, 4.69) is 22.6 Å². The van der Waals surface area contributed by atoms with Crippen molar-refractivity contribution in [1.29, 1.82) is 0 Å².